The largest absolute Gasteiger partial charge is 0.366 e. The van der Waals surface area contributed by atoms with E-state index in [1.807, 2.05) is 6.92 Å². The molecule has 0 fully saturated rings. The fourth-order valence-corrected chi connectivity index (χ4v) is 3.49. The molecule has 1 aliphatic heterocycles. The molecule has 2 heteroatoms. The van der Waals surface area contributed by atoms with Crippen molar-refractivity contribution < 1.29 is 4.79 Å². The Labute approximate surface area is 123 Å². The Balaban J connectivity index is 2.57. The predicted octanol–water partition coefficient (Wildman–Crippen LogP) is 4.56. The molecular formula is C18H27NO. The van der Waals surface area contributed by atoms with Crippen LogP contribution in [-0.2, 0) is 0 Å². The van der Waals surface area contributed by atoms with Crippen molar-refractivity contribution in [1.82, 2.24) is 0 Å². The molecule has 0 bridgehead atoms. The number of nitrogens with zero attached hydrogens (tertiary/aromatic N) is 1. The molecule has 0 spiro atoms. The first-order chi connectivity index (χ1) is 9.26. The van der Waals surface area contributed by atoms with Gasteiger partial charge in [-0.2, -0.15) is 0 Å². The molecule has 20 heavy (non-hydrogen) atoms. The Hall–Kier alpha value is -1.31. The molecular weight excluding hydrogens is 246 g/mol. The zero-order valence-electron chi connectivity index (χ0n) is 13.7. The topological polar surface area (TPSA) is 20.3 Å². The van der Waals surface area contributed by atoms with Crippen LogP contribution in [0.4, 0.5) is 5.69 Å². The molecule has 2 rings (SSSR count). The summed E-state index contributed by atoms with van der Waals surface area (Å²) in [6, 6.07) is 4.31. The van der Waals surface area contributed by atoms with Crippen molar-refractivity contribution in [2.24, 2.45) is 5.92 Å². The highest BCUT2D eigenvalue weighted by atomic mass is 16.1. The lowest BCUT2D eigenvalue weighted by Crippen LogP contribution is -2.50. The molecule has 110 valence electrons. The molecule has 1 atom stereocenters. The average Bonchev–Trinajstić information content (AvgIpc) is 2.33. The van der Waals surface area contributed by atoms with E-state index < -0.39 is 0 Å². The maximum atomic E-state index is 11.2. The van der Waals surface area contributed by atoms with Gasteiger partial charge in [-0.3, -0.25) is 4.79 Å². The monoisotopic (exact) mass is 273 g/mol. The van der Waals surface area contributed by atoms with Crippen LogP contribution in [-0.4, -0.2) is 18.4 Å². The van der Waals surface area contributed by atoms with Crippen LogP contribution in [0.25, 0.3) is 0 Å². The van der Waals surface area contributed by atoms with Crippen molar-refractivity contribution in [3.05, 3.63) is 28.8 Å². The van der Waals surface area contributed by atoms with Gasteiger partial charge >= 0.3 is 0 Å². The van der Waals surface area contributed by atoms with Gasteiger partial charge in [0.05, 0.1) is 0 Å². The zero-order chi connectivity index (χ0) is 15.1. The highest BCUT2D eigenvalue weighted by molar-refractivity contribution is 5.80. The van der Waals surface area contributed by atoms with Gasteiger partial charge in [-0.1, -0.05) is 20.8 Å². The third kappa shape index (κ3) is 2.61. The first-order valence-corrected chi connectivity index (χ1v) is 7.63. The first-order valence-electron chi connectivity index (χ1n) is 7.63. The summed E-state index contributed by atoms with van der Waals surface area (Å²) in [4.78, 5) is 13.7. The van der Waals surface area contributed by atoms with Crippen LogP contribution in [0.1, 0.15) is 68.4 Å². The van der Waals surface area contributed by atoms with Crippen LogP contribution in [0.15, 0.2) is 12.1 Å². The van der Waals surface area contributed by atoms with Gasteiger partial charge < -0.3 is 4.90 Å². The minimum atomic E-state index is 0.172. The van der Waals surface area contributed by atoms with E-state index in [-0.39, 0.29) is 5.54 Å². The summed E-state index contributed by atoms with van der Waals surface area (Å²) in [7, 11) is 0. The van der Waals surface area contributed by atoms with Crippen LogP contribution >= 0.6 is 0 Å². The van der Waals surface area contributed by atoms with E-state index in [1.54, 1.807) is 0 Å². The molecule has 0 N–H and O–H groups in total. The van der Waals surface area contributed by atoms with Crippen molar-refractivity contribution >= 4 is 12.0 Å². The second kappa shape index (κ2) is 5.23. The third-order valence-electron chi connectivity index (χ3n) is 4.45. The zero-order valence-corrected chi connectivity index (χ0v) is 13.7. The SMILES string of the molecule is Cc1cc2c(cc1C=O)[C@H](C)CC(C)(C)N2CC(C)C. The van der Waals surface area contributed by atoms with Gasteiger partial charge in [-0.05, 0) is 62.3 Å². The number of aryl methyl sites for hydroxylation is 1. The summed E-state index contributed by atoms with van der Waals surface area (Å²) in [5.41, 5.74) is 4.74. The highest BCUT2D eigenvalue weighted by Gasteiger charge is 2.36. The van der Waals surface area contributed by atoms with E-state index in [0.717, 1.165) is 30.4 Å². The van der Waals surface area contributed by atoms with Gasteiger partial charge in [0.1, 0.15) is 6.29 Å². The molecule has 0 aromatic heterocycles. The number of rotatable bonds is 3. The van der Waals surface area contributed by atoms with E-state index in [1.165, 1.54) is 11.3 Å². The molecule has 1 aromatic rings. The fraction of sp³-hybridized carbons (Fsp3) is 0.611. The summed E-state index contributed by atoms with van der Waals surface area (Å²) >= 11 is 0. The lowest BCUT2D eigenvalue weighted by atomic mass is 9.78. The molecule has 1 aromatic carbocycles. The molecule has 0 radical (unpaired) electrons. The molecule has 0 aliphatic carbocycles. The van der Waals surface area contributed by atoms with Gasteiger partial charge in [-0.15, -0.1) is 0 Å². The maximum absolute atomic E-state index is 11.2. The molecule has 2 nitrogen and oxygen atoms in total. The summed E-state index contributed by atoms with van der Waals surface area (Å²) in [6.45, 7) is 14.6. The summed E-state index contributed by atoms with van der Waals surface area (Å²) < 4.78 is 0. The number of carbonyl (C=O) groups is 1. The highest BCUT2D eigenvalue weighted by Crippen LogP contribution is 2.44. The second-order valence-electron chi connectivity index (χ2n) is 7.31. The van der Waals surface area contributed by atoms with Crippen LogP contribution in [0, 0.1) is 12.8 Å². The van der Waals surface area contributed by atoms with Crippen LogP contribution < -0.4 is 4.90 Å². The molecule has 0 amide bonds. The van der Waals surface area contributed by atoms with Gasteiger partial charge in [0.2, 0.25) is 0 Å². The number of aldehydes is 1. The Morgan fingerprint density at radius 2 is 2.05 bits per heavy atom. The van der Waals surface area contributed by atoms with E-state index in [4.69, 9.17) is 0 Å². The van der Waals surface area contributed by atoms with Crippen LogP contribution in [0.3, 0.4) is 0 Å². The predicted molar refractivity (Wildman–Crippen MR) is 85.9 cm³/mol. The smallest absolute Gasteiger partial charge is 0.150 e. The lowest BCUT2D eigenvalue weighted by molar-refractivity contribution is 0.112. The Kier molecular flexibility index (Phi) is 3.95. The quantitative estimate of drug-likeness (QED) is 0.753. The molecule has 1 heterocycles. The van der Waals surface area contributed by atoms with Gasteiger partial charge in [0, 0.05) is 23.3 Å². The van der Waals surface area contributed by atoms with E-state index >= 15 is 0 Å². The summed E-state index contributed by atoms with van der Waals surface area (Å²) in [5.74, 6) is 1.13. The number of fused-ring (bicyclic) bond motifs is 1. The molecule has 0 unspecified atom stereocenters. The Bertz CT molecular complexity index is 516. The van der Waals surface area contributed by atoms with Crippen molar-refractivity contribution in [3.63, 3.8) is 0 Å². The van der Waals surface area contributed by atoms with Gasteiger partial charge in [-0.25, -0.2) is 0 Å². The summed E-state index contributed by atoms with van der Waals surface area (Å²) in [5, 5.41) is 0. The fourth-order valence-electron chi connectivity index (χ4n) is 3.49. The van der Waals surface area contributed by atoms with Crippen molar-refractivity contribution in [2.45, 2.75) is 59.4 Å². The summed E-state index contributed by atoms with van der Waals surface area (Å²) in [6.07, 6.45) is 2.11. The standard InChI is InChI=1S/C18H27NO/c1-12(2)10-19-17-7-13(3)15(11-20)8-16(17)14(4)9-18(19,5)6/h7-8,11-12,14H,9-10H2,1-6H3/t14-/m1/s1. The average molecular weight is 273 g/mol. The molecule has 0 saturated carbocycles. The minimum absolute atomic E-state index is 0.172. The van der Waals surface area contributed by atoms with Gasteiger partial charge in [0.15, 0.2) is 0 Å². The number of carbonyl (C=O) groups excluding carboxylic acids is 1. The first kappa shape index (κ1) is 15.1. The maximum Gasteiger partial charge on any atom is 0.150 e. The van der Waals surface area contributed by atoms with Gasteiger partial charge in [0.25, 0.3) is 0 Å². The van der Waals surface area contributed by atoms with Crippen LogP contribution in [0.2, 0.25) is 0 Å². The Morgan fingerprint density at radius 3 is 2.60 bits per heavy atom. The van der Waals surface area contributed by atoms with E-state index in [2.05, 4.69) is 51.7 Å². The van der Waals surface area contributed by atoms with E-state index in [0.29, 0.717) is 11.8 Å². The molecule has 1 aliphatic rings. The number of hydrogen-bond donors (Lipinski definition) is 0. The van der Waals surface area contributed by atoms with Crippen molar-refractivity contribution in [3.8, 4) is 0 Å². The number of benzene rings is 1. The lowest BCUT2D eigenvalue weighted by Gasteiger charge is -2.48. The molecule has 0 saturated heterocycles. The van der Waals surface area contributed by atoms with E-state index in [9.17, 15) is 4.79 Å². The van der Waals surface area contributed by atoms with Crippen molar-refractivity contribution in [1.29, 1.82) is 0 Å². The van der Waals surface area contributed by atoms with Crippen LogP contribution in [0.5, 0.6) is 0 Å². The minimum Gasteiger partial charge on any atom is -0.366 e. The number of anilines is 1. The number of hydrogen-bond acceptors (Lipinski definition) is 2. The third-order valence-corrected chi connectivity index (χ3v) is 4.45. The Morgan fingerprint density at radius 1 is 1.40 bits per heavy atom. The van der Waals surface area contributed by atoms with Crippen molar-refractivity contribution in [2.75, 3.05) is 11.4 Å². The second-order valence-corrected chi connectivity index (χ2v) is 7.31. The normalized spacial score (nSPS) is 20.9.